The number of hydrogen-bond donors (Lipinski definition) is 1. The second-order valence-corrected chi connectivity index (χ2v) is 11.5. The van der Waals surface area contributed by atoms with Gasteiger partial charge in [-0.1, -0.05) is 45.2 Å². The molecule has 0 spiro atoms. The zero-order chi connectivity index (χ0) is 24.9. The number of carbonyl (C=O) groups is 2. The molecule has 11 heteroatoms. The van der Waals surface area contributed by atoms with Crippen molar-refractivity contribution in [1.29, 1.82) is 0 Å². The summed E-state index contributed by atoms with van der Waals surface area (Å²) in [5, 5.41) is 3.47. The Morgan fingerprint density at radius 1 is 1.03 bits per heavy atom. The van der Waals surface area contributed by atoms with Gasteiger partial charge in [0, 0.05) is 17.1 Å². The van der Waals surface area contributed by atoms with Gasteiger partial charge >= 0.3 is 0 Å². The van der Waals surface area contributed by atoms with Crippen molar-refractivity contribution in [3.63, 3.8) is 0 Å². The van der Waals surface area contributed by atoms with Gasteiger partial charge in [0.05, 0.1) is 22.0 Å². The molecule has 33 heavy (non-hydrogen) atoms. The van der Waals surface area contributed by atoms with Crippen molar-refractivity contribution in [2.75, 3.05) is 17.1 Å². The van der Waals surface area contributed by atoms with Crippen molar-refractivity contribution in [3.05, 3.63) is 62.5 Å². The predicted molar refractivity (Wildman–Crippen MR) is 136 cm³/mol. The lowest BCUT2D eigenvalue weighted by molar-refractivity contribution is -0.139. The van der Waals surface area contributed by atoms with Gasteiger partial charge in [0.25, 0.3) is 0 Å². The lowest BCUT2D eigenvalue weighted by Crippen LogP contribution is -2.52. The number of amides is 2. The Morgan fingerprint density at radius 3 is 2.15 bits per heavy atom. The molecule has 2 aromatic carbocycles. The summed E-state index contributed by atoms with van der Waals surface area (Å²) < 4.78 is 26.8. The Bertz CT molecular complexity index is 1110. The second kappa shape index (κ2) is 11.6. The summed E-state index contributed by atoms with van der Waals surface area (Å²) in [7, 11) is -3.78. The summed E-state index contributed by atoms with van der Waals surface area (Å²) in [5.41, 5.74) is 0.985. The normalized spacial score (nSPS) is 12.4. The van der Waals surface area contributed by atoms with Gasteiger partial charge in [0.1, 0.15) is 12.6 Å². The molecule has 2 amide bonds. The number of benzene rings is 2. The van der Waals surface area contributed by atoms with E-state index in [0.717, 1.165) is 15.0 Å². The maximum atomic E-state index is 13.4. The molecule has 1 N–H and O–H groups in total. The SMILES string of the molecule is CC(C)NC(=O)[C@H](C)N(Cc1ccc(Cl)c(Cl)c1)C(=O)CN(c1ccc(Br)cc1)S(C)(=O)=O. The summed E-state index contributed by atoms with van der Waals surface area (Å²) in [4.78, 5) is 27.4. The molecule has 1 atom stereocenters. The van der Waals surface area contributed by atoms with Crippen LogP contribution >= 0.6 is 39.1 Å². The molecule has 0 saturated carbocycles. The molecule has 0 unspecified atom stereocenters. The van der Waals surface area contributed by atoms with Gasteiger partial charge in [-0.15, -0.1) is 0 Å². The number of hydrogen-bond acceptors (Lipinski definition) is 4. The van der Waals surface area contributed by atoms with E-state index in [9.17, 15) is 18.0 Å². The second-order valence-electron chi connectivity index (χ2n) is 7.86. The van der Waals surface area contributed by atoms with Gasteiger partial charge < -0.3 is 10.2 Å². The molecular weight excluding hydrogens is 553 g/mol. The highest BCUT2D eigenvalue weighted by molar-refractivity contribution is 9.10. The highest BCUT2D eigenvalue weighted by atomic mass is 79.9. The molecule has 2 rings (SSSR count). The van der Waals surface area contributed by atoms with Gasteiger partial charge in [-0.25, -0.2) is 8.42 Å². The van der Waals surface area contributed by atoms with Crippen LogP contribution in [0.3, 0.4) is 0 Å². The van der Waals surface area contributed by atoms with E-state index in [4.69, 9.17) is 23.2 Å². The van der Waals surface area contributed by atoms with Crippen LogP contribution in [0.4, 0.5) is 5.69 Å². The van der Waals surface area contributed by atoms with E-state index in [-0.39, 0.29) is 18.5 Å². The van der Waals surface area contributed by atoms with Crippen LogP contribution in [0.1, 0.15) is 26.3 Å². The number of nitrogens with zero attached hydrogens (tertiary/aromatic N) is 2. The minimum absolute atomic E-state index is 0.0420. The highest BCUT2D eigenvalue weighted by Gasteiger charge is 2.30. The zero-order valence-electron chi connectivity index (χ0n) is 18.7. The molecule has 7 nitrogen and oxygen atoms in total. The quantitative estimate of drug-likeness (QED) is 0.476. The van der Waals surface area contributed by atoms with E-state index >= 15 is 0 Å². The number of anilines is 1. The average Bonchev–Trinajstić information content (AvgIpc) is 2.71. The Morgan fingerprint density at radius 2 is 1.64 bits per heavy atom. The molecule has 0 aliphatic carbocycles. The molecule has 0 radical (unpaired) electrons. The smallest absolute Gasteiger partial charge is 0.244 e. The molecule has 180 valence electrons. The van der Waals surface area contributed by atoms with Crippen LogP contribution in [0.2, 0.25) is 10.0 Å². The van der Waals surface area contributed by atoms with Gasteiger partial charge in [0.15, 0.2) is 0 Å². The highest BCUT2D eigenvalue weighted by Crippen LogP contribution is 2.25. The molecule has 2 aromatic rings. The first-order chi connectivity index (χ1) is 15.3. The van der Waals surface area contributed by atoms with Crippen molar-refractivity contribution >= 4 is 66.7 Å². The van der Waals surface area contributed by atoms with Crippen LogP contribution in [-0.2, 0) is 26.2 Å². The van der Waals surface area contributed by atoms with Crippen molar-refractivity contribution in [2.24, 2.45) is 0 Å². The number of nitrogens with one attached hydrogen (secondary N) is 1. The molecule has 0 heterocycles. The monoisotopic (exact) mass is 577 g/mol. The fourth-order valence-corrected chi connectivity index (χ4v) is 4.48. The number of halogens is 3. The van der Waals surface area contributed by atoms with Gasteiger partial charge in [-0.05, 0) is 62.7 Å². The summed E-state index contributed by atoms with van der Waals surface area (Å²) in [6, 6.07) is 10.5. The number of carbonyl (C=O) groups excluding carboxylic acids is 2. The number of rotatable bonds is 9. The standard InChI is InChI=1S/C22H26BrCl2N3O4S/c1-14(2)26-22(30)15(3)27(12-16-5-10-19(24)20(25)11-16)21(29)13-28(33(4,31)32)18-8-6-17(23)7-9-18/h5-11,14-15H,12-13H2,1-4H3,(H,26,30)/t15-/m0/s1. The summed E-state index contributed by atoms with van der Waals surface area (Å²) in [5.74, 6) is -0.895. The lowest BCUT2D eigenvalue weighted by Gasteiger charge is -2.32. The minimum Gasteiger partial charge on any atom is -0.352 e. The first-order valence-electron chi connectivity index (χ1n) is 10.1. The van der Waals surface area contributed by atoms with Crippen LogP contribution in [-0.4, -0.2) is 50.0 Å². The Kier molecular flexibility index (Phi) is 9.60. The Labute approximate surface area is 213 Å². The first-order valence-corrected chi connectivity index (χ1v) is 13.5. The van der Waals surface area contributed by atoms with Crippen molar-refractivity contribution in [1.82, 2.24) is 10.2 Å². The Hall–Kier alpha value is -1.81. The van der Waals surface area contributed by atoms with Crippen molar-refractivity contribution < 1.29 is 18.0 Å². The van der Waals surface area contributed by atoms with E-state index in [0.29, 0.717) is 21.3 Å². The topological polar surface area (TPSA) is 86.8 Å². The zero-order valence-corrected chi connectivity index (χ0v) is 22.6. The largest absolute Gasteiger partial charge is 0.352 e. The van der Waals surface area contributed by atoms with Gasteiger partial charge in [-0.2, -0.15) is 0 Å². The van der Waals surface area contributed by atoms with E-state index in [2.05, 4.69) is 21.2 Å². The molecule has 0 fully saturated rings. The molecule has 0 saturated heterocycles. The van der Waals surface area contributed by atoms with Crippen LogP contribution in [0.15, 0.2) is 46.9 Å². The van der Waals surface area contributed by atoms with Gasteiger partial charge in [-0.3, -0.25) is 13.9 Å². The molecule has 0 bridgehead atoms. The summed E-state index contributed by atoms with van der Waals surface area (Å²) in [6.07, 6.45) is 1.03. The molecule has 0 aromatic heterocycles. The van der Waals surface area contributed by atoms with Crippen LogP contribution in [0.5, 0.6) is 0 Å². The fraction of sp³-hybridized carbons (Fsp3) is 0.364. The molecule has 0 aliphatic heterocycles. The third-order valence-electron chi connectivity index (χ3n) is 4.73. The third kappa shape index (κ3) is 7.88. The molecule has 0 aliphatic rings. The van der Waals surface area contributed by atoms with E-state index in [1.54, 1.807) is 49.4 Å². The lowest BCUT2D eigenvalue weighted by atomic mass is 10.1. The van der Waals surface area contributed by atoms with E-state index in [1.807, 2.05) is 13.8 Å². The van der Waals surface area contributed by atoms with Crippen LogP contribution in [0.25, 0.3) is 0 Å². The first kappa shape index (κ1) is 27.4. The van der Waals surface area contributed by atoms with Crippen molar-refractivity contribution in [2.45, 2.75) is 39.4 Å². The fourth-order valence-electron chi connectivity index (χ4n) is 3.04. The van der Waals surface area contributed by atoms with Gasteiger partial charge in [0.2, 0.25) is 21.8 Å². The van der Waals surface area contributed by atoms with Crippen molar-refractivity contribution in [3.8, 4) is 0 Å². The van der Waals surface area contributed by atoms with E-state index < -0.39 is 28.5 Å². The van der Waals surface area contributed by atoms with Crippen LogP contribution in [0, 0.1) is 0 Å². The third-order valence-corrected chi connectivity index (χ3v) is 7.14. The maximum Gasteiger partial charge on any atom is 0.244 e. The predicted octanol–water partition coefficient (Wildman–Crippen LogP) is 4.46. The number of sulfonamides is 1. The Balaban J connectivity index is 2.40. The minimum atomic E-state index is -3.78. The van der Waals surface area contributed by atoms with Crippen LogP contribution < -0.4 is 9.62 Å². The molecular formula is C22H26BrCl2N3O4S. The van der Waals surface area contributed by atoms with E-state index in [1.165, 1.54) is 4.90 Å². The maximum absolute atomic E-state index is 13.4. The summed E-state index contributed by atoms with van der Waals surface area (Å²) >= 11 is 15.4. The summed E-state index contributed by atoms with van der Waals surface area (Å²) in [6.45, 7) is 4.79. The average molecular weight is 579 g/mol.